The second kappa shape index (κ2) is 2.20. The zero-order valence-corrected chi connectivity index (χ0v) is 6.98. The second-order valence-corrected chi connectivity index (χ2v) is 2.75. The van der Waals surface area contributed by atoms with Gasteiger partial charge in [0.1, 0.15) is 6.20 Å². The third kappa shape index (κ3) is 0.777. The van der Waals surface area contributed by atoms with E-state index in [4.69, 9.17) is 0 Å². The zero-order valence-electron chi connectivity index (χ0n) is 6.98. The van der Waals surface area contributed by atoms with Gasteiger partial charge in [0.25, 0.3) is 0 Å². The van der Waals surface area contributed by atoms with E-state index in [0.717, 1.165) is 5.69 Å². The Bertz CT molecular complexity index is 468. The molecule has 0 N–H and O–H groups in total. The summed E-state index contributed by atoms with van der Waals surface area (Å²) in [5.74, 6) is 0.0405. The normalized spacial score (nSPS) is 13.8. The van der Waals surface area contributed by atoms with Gasteiger partial charge in [0.05, 0.1) is 6.20 Å². The van der Waals surface area contributed by atoms with Gasteiger partial charge in [-0.2, -0.15) is 0 Å². The fourth-order valence-corrected chi connectivity index (χ4v) is 1.38. The van der Waals surface area contributed by atoms with E-state index < -0.39 is 0 Å². The van der Waals surface area contributed by atoms with Gasteiger partial charge in [0, 0.05) is 18.1 Å². The Balaban J connectivity index is 3.05. The number of hydrogen-bond donors (Lipinski definition) is 0. The Hall–Kier alpha value is -1.58. The first-order valence-corrected chi connectivity index (χ1v) is 3.73. The standard InChI is InChI=1S/C8H9N3O/c1-6-8(7(2)12)10-4-3-5-11(10)9-6/h3-5H,1-2H3. The average molecular weight is 163 g/mol. The monoisotopic (exact) mass is 163 g/mol. The lowest BCUT2D eigenvalue weighted by Gasteiger charge is -1.96. The van der Waals surface area contributed by atoms with Crippen molar-refractivity contribution in [2.75, 3.05) is 0 Å². The molecular formula is C8H9N3O. The van der Waals surface area contributed by atoms with Crippen LogP contribution in [0.3, 0.4) is 0 Å². The topological polar surface area (TPSA) is 44.5 Å². The molecule has 2 heterocycles. The van der Waals surface area contributed by atoms with E-state index in [1.165, 1.54) is 0 Å². The van der Waals surface area contributed by atoms with Gasteiger partial charge in [-0.3, -0.25) is 0 Å². The third-order valence-electron chi connectivity index (χ3n) is 1.83. The van der Waals surface area contributed by atoms with Crippen LogP contribution in [-0.4, -0.2) is 9.73 Å². The van der Waals surface area contributed by atoms with Gasteiger partial charge in [-0.05, 0) is 11.6 Å². The van der Waals surface area contributed by atoms with Crippen molar-refractivity contribution in [2.24, 2.45) is 0 Å². The number of hydrogen-bond acceptors (Lipinski definition) is 2. The maximum atomic E-state index is 11.2. The Kier molecular flexibility index (Phi) is 1.30. The first-order chi connectivity index (χ1) is 5.70. The molecule has 0 unspecified atom stereocenters. The number of aryl methyl sites for hydroxylation is 1. The molecule has 0 fully saturated rings. The minimum absolute atomic E-state index is 0.0405. The first-order valence-electron chi connectivity index (χ1n) is 3.73. The molecule has 2 aromatic heterocycles. The van der Waals surface area contributed by atoms with Gasteiger partial charge in [-0.15, -0.1) is 4.52 Å². The van der Waals surface area contributed by atoms with Crippen LogP contribution in [0.2, 0.25) is 0 Å². The lowest BCUT2D eigenvalue weighted by atomic mass is 10.4. The van der Waals surface area contributed by atoms with Crippen LogP contribution in [0.5, 0.6) is 0 Å². The van der Waals surface area contributed by atoms with E-state index >= 15 is 0 Å². The molecule has 0 aliphatic heterocycles. The van der Waals surface area contributed by atoms with Gasteiger partial charge in [-0.25, -0.2) is 0 Å². The number of aromatic nitrogens is 3. The molecule has 0 saturated heterocycles. The van der Waals surface area contributed by atoms with Crippen molar-refractivity contribution < 1.29 is 9.62 Å². The molecule has 0 atom stereocenters. The Labute approximate surface area is 69.3 Å². The Morgan fingerprint density at radius 2 is 2.42 bits per heavy atom. The van der Waals surface area contributed by atoms with E-state index in [9.17, 15) is 5.11 Å². The first kappa shape index (κ1) is 7.09. The SMILES string of the molecule is C/C([O-])=c1\c(C)nn2ccc[n+]12. The summed E-state index contributed by atoms with van der Waals surface area (Å²) >= 11 is 0. The van der Waals surface area contributed by atoms with Gasteiger partial charge >= 0.3 is 0 Å². The highest BCUT2D eigenvalue weighted by atomic mass is 16.3. The molecule has 0 bridgehead atoms. The van der Waals surface area contributed by atoms with Crippen molar-refractivity contribution in [2.45, 2.75) is 13.8 Å². The van der Waals surface area contributed by atoms with Gasteiger partial charge < -0.3 is 5.11 Å². The summed E-state index contributed by atoms with van der Waals surface area (Å²) in [6.07, 6.45) is 3.62. The van der Waals surface area contributed by atoms with E-state index in [0.29, 0.717) is 5.35 Å². The highest BCUT2D eigenvalue weighted by molar-refractivity contribution is 5.24. The third-order valence-corrected chi connectivity index (χ3v) is 1.83. The molecule has 0 saturated carbocycles. The van der Waals surface area contributed by atoms with Crippen LogP contribution in [0.1, 0.15) is 12.6 Å². The van der Waals surface area contributed by atoms with Gasteiger partial charge in [0.2, 0.25) is 5.69 Å². The van der Waals surface area contributed by atoms with Crippen molar-refractivity contribution in [3.8, 4) is 0 Å². The molecule has 2 rings (SSSR count). The number of fused-ring (bicyclic) bond motifs is 1. The van der Waals surface area contributed by atoms with E-state index in [-0.39, 0.29) is 5.76 Å². The summed E-state index contributed by atoms with van der Waals surface area (Å²) in [4.78, 5) is 0. The van der Waals surface area contributed by atoms with Crippen LogP contribution in [0.4, 0.5) is 0 Å². The predicted molar refractivity (Wildman–Crippen MR) is 39.9 cm³/mol. The fourth-order valence-electron chi connectivity index (χ4n) is 1.38. The highest BCUT2D eigenvalue weighted by Crippen LogP contribution is 1.82. The largest absolute Gasteiger partial charge is 0.873 e. The molecule has 62 valence electrons. The molecule has 0 spiro atoms. The van der Waals surface area contributed by atoms with Crippen LogP contribution in [-0.2, 0) is 0 Å². The summed E-state index contributed by atoms with van der Waals surface area (Å²) in [6, 6.07) is 1.85. The average Bonchev–Trinajstić information content (AvgIpc) is 2.44. The molecule has 4 nitrogen and oxygen atoms in total. The molecule has 0 aromatic carbocycles. The summed E-state index contributed by atoms with van der Waals surface area (Å²) in [5, 5.41) is 16.0. The lowest BCUT2D eigenvalue weighted by molar-refractivity contribution is -0.633. The van der Waals surface area contributed by atoms with Crippen molar-refractivity contribution >= 4 is 5.76 Å². The quantitative estimate of drug-likeness (QED) is 0.441. The van der Waals surface area contributed by atoms with Crippen molar-refractivity contribution in [1.29, 1.82) is 0 Å². The molecular weight excluding hydrogens is 154 g/mol. The summed E-state index contributed by atoms with van der Waals surface area (Å²) in [7, 11) is 0. The van der Waals surface area contributed by atoms with E-state index in [2.05, 4.69) is 5.10 Å². The summed E-state index contributed by atoms with van der Waals surface area (Å²) in [5.41, 5.74) is 0.767. The van der Waals surface area contributed by atoms with Crippen LogP contribution >= 0.6 is 0 Å². The van der Waals surface area contributed by atoms with Crippen LogP contribution in [0.25, 0.3) is 5.76 Å². The van der Waals surface area contributed by atoms with Crippen LogP contribution in [0.15, 0.2) is 18.5 Å². The highest BCUT2D eigenvalue weighted by Gasteiger charge is 2.10. The predicted octanol–water partition coefficient (Wildman–Crippen LogP) is -1.56. The minimum Gasteiger partial charge on any atom is -0.873 e. The fraction of sp³-hybridized carbons (Fsp3) is 0.250. The smallest absolute Gasteiger partial charge is 0.223 e. The van der Waals surface area contributed by atoms with E-state index in [1.807, 2.05) is 19.2 Å². The van der Waals surface area contributed by atoms with Gasteiger partial charge in [-0.1, -0.05) is 5.76 Å². The van der Waals surface area contributed by atoms with Crippen molar-refractivity contribution in [1.82, 2.24) is 9.73 Å². The molecule has 0 aliphatic rings. The molecule has 2 aromatic rings. The maximum Gasteiger partial charge on any atom is 0.223 e. The lowest BCUT2D eigenvalue weighted by Crippen LogP contribution is -2.43. The molecule has 4 heteroatoms. The Morgan fingerprint density at radius 1 is 1.67 bits per heavy atom. The van der Waals surface area contributed by atoms with Crippen molar-refractivity contribution in [3.05, 3.63) is 29.5 Å². The number of nitrogens with zero attached hydrogens (tertiary/aromatic N) is 3. The summed E-state index contributed by atoms with van der Waals surface area (Å²) < 4.78 is 3.38. The Morgan fingerprint density at radius 3 is 3.08 bits per heavy atom. The van der Waals surface area contributed by atoms with Gasteiger partial charge in [0.15, 0.2) is 5.35 Å². The van der Waals surface area contributed by atoms with E-state index in [1.54, 1.807) is 22.3 Å². The molecule has 0 radical (unpaired) electrons. The van der Waals surface area contributed by atoms with Crippen LogP contribution < -0.4 is 15.0 Å². The molecule has 0 amide bonds. The molecule has 12 heavy (non-hydrogen) atoms. The minimum atomic E-state index is 0.0405. The zero-order chi connectivity index (χ0) is 8.72. The number of rotatable bonds is 0. The maximum absolute atomic E-state index is 11.2. The summed E-state index contributed by atoms with van der Waals surface area (Å²) in [6.45, 7) is 3.38. The van der Waals surface area contributed by atoms with Crippen LogP contribution in [0, 0.1) is 6.92 Å². The van der Waals surface area contributed by atoms with Crippen molar-refractivity contribution in [3.63, 3.8) is 0 Å². The molecule has 0 aliphatic carbocycles. The second-order valence-electron chi connectivity index (χ2n) is 2.75.